The minimum atomic E-state index is -0.431. The van der Waals surface area contributed by atoms with Gasteiger partial charge in [-0.25, -0.2) is 0 Å². The van der Waals surface area contributed by atoms with Crippen molar-refractivity contribution >= 4 is 17.6 Å². The third kappa shape index (κ3) is 2.45. The highest BCUT2D eigenvalue weighted by Gasteiger charge is 2.11. The number of rotatable bonds is 3. The van der Waals surface area contributed by atoms with E-state index in [0.29, 0.717) is 4.90 Å². The average molecular weight is 250 g/mol. The molecule has 0 aliphatic rings. The molecule has 0 radical (unpaired) electrons. The fourth-order valence-electron chi connectivity index (χ4n) is 1.49. The van der Waals surface area contributed by atoms with Crippen molar-refractivity contribution in [1.29, 1.82) is 0 Å². The molecule has 0 aliphatic carbocycles. The summed E-state index contributed by atoms with van der Waals surface area (Å²) in [5.74, 6) is 0. The van der Waals surface area contributed by atoms with Gasteiger partial charge in [-0.3, -0.25) is 19.9 Å². The van der Waals surface area contributed by atoms with Crippen LogP contribution in [-0.4, -0.2) is 14.7 Å². The van der Waals surface area contributed by atoms with Gasteiger partial charge < -0.3 is 0 Å². The van der Waals surface area contributed by atoms with Gasteiger partial charge in [0.15, 0.2) is 0 Å². The second-order valence-corrected chi connectivity index (χ2v) is 4.20. The van der Waals surface area contributed by atoms with Gasteiger partial charge in [0.05, 0.1) is 11.1 Å². The van der Waals surface area contributed by atoms with Crippen LogP contribution in [0.1, 0.15) is 0 Å². The van der Waals surface area contributed by atoms with E-state index in [0.717, 1.165) is 23.1 Å². The Labute approximate surface area is 102 Å². The summed E-state index contributed by atoms with van der Waals surface area (Å²) in [6.07, 6.45) is 3.45. The van der Waals surface area contributed by atoms with Crippen molar-refractivity contribution in [3.63, 3.8) is 0 Å². The van der Waals surface area contributed by atoms with Crippen LogP contribution in [0.5, 0.6) is 0 Å². The molecule has 88 valence electrons. The van der Waals surface area contributed by atoms with Gasteiger partial charge >= 0.3 is 0 Å². The zero-order valence-electron chi connectivity index (χ0n) is 9.03. The third-order valence-corrected chi connectivity index (χ3v) is 2.78. The molecule has 2 aromatic rings. The summed E-state index contributed by atoms with van der Waals surface area (Å²) < 4.78 is 1.64. The second-order valence-electron chi connectivity index (χ2n) is 3.49. The predicted octanol–water partition coefficient (Wildman–Crippen LogP) is 1.96. The van der Waals surface area contributed by atoms with Crippen LogP contribution in [0.3, 0.4) is 0 Å². The highest BCUT2D eigenvalue weighted by Crippen LogP contribution is 2.28. The van der Waals surface area contributed by atoms with E-state index in [-0.39, 0.29) is 5.69 Å². The van der Waals surface area contributed by atoms with Gasteiger partial charge in [0.1, 0.15) is 0 Å². The zero-order chi connectivity index (χ0) is 12.4. The fourth-order valence-corrected chi connectivity index (χ4v) is 1.88. The molecule has 0 fully saturated rings. The molecule has 1 aromatic carbocycles. The Morgan fingerprint density at radius 1 is 1.41 bits per heavy atom. The van der Waals surface area contributed by atoms with Crippen molar-refractivity contribution in [3.05, 3.63) is 40.7 Å². The molecule has 0 amide bonds. The van der Waals surface area contributed by atoms with Gasteiger partial charge in [-0.2, -0.15) is 5.10 Å². The minimum Gasteiger partial charge on any atom is -0.275 e. The summed E-state index contributed by atoms with van der Waals surface area (Å²) in [5.41, 5.74) is 1.59. The molecule has 0 unspecified atom stereocenters. The topological polar surface area (TPSA) is 87.0 Å². The smallest absolute Gasteiger partial charge is 0.271 e. The van der Waals surface area contributed by atoms with E-state index < -0.39 is 4.92 Å². The van der Waals surface area contributed by atoms with Crippen LogP contribution in [0.2, 0.25) is 0 Å². The first-order valence-electron chi connectivity index (χ1n) is 4.75. The molecule has 0 spiro atoms. The Hall–Kier alpha value is -1.86. The molecule has 17 heavy (non-hydrogen) atoms. The Bertz CT molecular complexity index is 567. The molecule has 2 rings (SSSR count). The number of nitrogens with zero attached hydrogens (tertiary/aromatic N) is 3. The van der Waals surface area contributed by atoms with E-state index in [1.165, 1.54) is 12.1 Å². The van der Waals surface area contributed by atoms with Crippen molar-refractivity contribution in [2.24, 2.45) is 12.2 Å². The summed E-state index contributed by atoms with van der Waals surface area (Å²) in [7, 11) is 1.79. The largest absolute Gasteiger partial charge is 0.275 e. The molecule has 0 saturated carbocycles. The summed E-state index contributed by atoms with van der Waals surface area (Å²) in [4.78, 5) is 11.0. The van der Waals surface area contributed by atoms with Crippen LogP contribution in [0.25, 0.3) is 11.1 Å². The molecule has 1 heterocycles. The number of nitro groups is 1. The van der Waals surface area contributed by atoms with E-state index in [4.69, 9.17) is 5.14 Å². The lowest BCUT2D eigenvalue weighted by Gasteiger charge is -2.01. The van der Waals surface area contributed by atoms with Crippen molar-refractivity contribution in [1.82, 2.24) is 9.78 Å². The van der Waals surface area contributed by atoms with E-state index in [9.17, 15) is 10.1 Å². The summed E-state index contributed by atoms with van der Waals surface area (Å²) >= 11 is 0.984. The lowest BCUT2D eigenvalue weighted by Crippen LogP contribution is -1.91. The highest BCUT2D eigenvalue weighted by molar-refractivity contribution is 7.97. The molecule has 6 nitrogen and oxygen atoms in total. The molecule has 2 N–H and O–H groups in total. The second kappa shape index (κ2) is 4.56. The molecule has 0 saturated heterocycles. The maximum absolute atomic E-state index is 10.8. The van der Waals surface area contributed by atoms with Crippen LogP contribution >= 0.6 is 11.9 Å². The highest BCUT2D eigenvalue weighted by atomic mass is 32.2. The number of non-ortho nitro benzene ring substituents is 1. The van der Waals surface area contributed by atoms with Crippen molar-refractivity contribution in [2.75, 3.05) is 0 Å². The maximum Gasteiger partial charge on any atom is 0.271 e. The van der Waals surface area contributed by atoms with Crippen molar-refractivity contribution in [2.45, 2.75) is 4.90 Å². The van der Waals surface area contributed by atoms with Crippen LogP contribution < -0.4 is 5.14 Å². The normalized spacial score (nSPS) is 10.5. The number of benzene rings is 1. The molecule has 0 aliphatic heterocycles. The summed E-state index contributed by atoms with van der Waals surface area (Å²) in [5, 5.41) is 20.3. The van der Waals surface area contributed by atoms with Crippen LogP contribution in [0.15, 0.2) is 35.5 Å². The van der Waals surface area contributed by atoms with Gasteiger partial charge in [-0.1, -0.05) is 0 Å². The number of aryl methyl sites for hydroxylation is 1. The Morgan fingerprint density at radius 2 is 2.18 bits per heavy atom. The third-order valence-electron chi connectivity index (χ3n) is 2.28. The SMILES string of the molecule is Cn1cc(-c2cc(SN)cc([N+](=O)[O-])c2)cn1. The number of aromatic nitrogens is 2. The Balaban J connectivity index is 2.53. The summed E-state index contributed by atoms with van der Waals surface area (Å²) in [6.45, 7) is 0. The molecular weight excluding hydrogens is 240 g/mol. The number of hydrogen-bond donors (Lipinski definition) is 1. The van der Waals surface area contributed by atoms with Crippen LogP contribution in [0.4, 0.5) is 5.69 Å². The van der Waals surface area contributed by atoms with Gasteiger partial charge in [0.25, 0.3) is 5.69 Å². The predicted molar refractivity (Wildman–Crippen MR) is 65.3 cm³/mol. The lowest BCUT2D eigenvalue weighted by molar-refractivity contribution is -0.385. The molecule has 0 bridgehead atoms. The Kier molecular flexibility index (Phi) is 3.12. The average Bonchev–Trinajstić information content (AvgIpc) is 2.75. The summed E-state index contributed by atoms with van der Waals surface area (Å²) in [6, 6.07) is 4.76. The minimum absolute atomic E-state index is 0.0271. The molecule has 0 atom stereocenters. The first-order valence-corrected chi connectivity index (χ1v) is 5.63. The quantitative estimate of drug-likeness (QED) is 0.511. The molecule has 1 aromatic heterocycles. The van der Waals surface area contributed by atoms with Crippen LogP contribution in [0, 0.1) is 10.1 Å². The monoisotopic (exact) mass is 250 g/mol. The fraction of sp³-hybridized carbons (Fsp3) is 0.100. The molecular formula is C10H10N4O2S. The van der Waals surface area contributed by atoms with Crippen molar-refractivity contribution < 1.29 is 4.92 Å². The van der Waals surface area contributed by atoms with E-state index in [2.05, 4.69) is 5.10 Å². The number of hydrogen-bond acceptors (Lipinski definition) is 5. The standard InChI is InChI=1S/C10H10N4O2S/c1-13-6-8(5-12-13)7-2-9(14(15)16)4-10(3-7)17-11/h2-6H,11H2,1H3. The van der Waals surface area contributed by atoms with E-state index >= 15 is 0 Å². The first kappa shape index (κ1) is 11.6. The first-order chi connectivity index (χ1) is 8.10. The molecule has 7 heteroatoms. The van der Waals surface area contributed by atoms with Gasteiger partial charge in [0, 0.05) is 35.8 Å². The van der Waals surface area contributed by atoms with E-state index in [1.54, 1.807) is 30.2 Å². The van der Waals surface area contributed by atoms with Gasteiger partial charge in [-0.15, -0.1) is 0 Å². The maximum atomic E-state index is 10.8. The number of nitrogens with two attached hydrogens (primary N) is 1. The van der Waals surface area contributed by atoms with Gasteiger partial charge in [-0.05, 0) is 23.6 Å². The van der Waals surface area contributed by atoms with Crippen LogP contribution in [-0.2, 0) is 7.05 Å². The van der Waals surface area contributed by atoms with Gasteiger partial charge in [0.2, 0.25) is 0 Å². The zero-order valence-corrected chi connectivity index (χ0v) is 9.85. The number of nitro benzene ring substituents is 1. The van der Waals surface area contributed by atoms with E-state index in [1.807, 2.05) is 0 Å². The van der Waals surface area contributed by atoms with Crippen molar-refractivity contribution in [3.8, 4) is 11.1 Å². The lowest BCUT2D eigenvalue weighted by atomic mass is 10.1. The Morgan fingerprint density at radius 3 is 2.71 bits per heavy atom.